The molecule has 1 N–H and O–H groups in total. The Morgan fingerprint density at radius 1 is 1.53 bits per heavy atom. The summed E-state index contributed by atoms with van der Waals surface area (Å²) in [6, 6.07) is 5.76. The number of ether oxygens (including phenoxy) is 1. The van der Waals surface area contributed by atoms with Crippen molar-refractivity contribution in [1.82, 2.24) is 4.98 Å². The number of thiazole rings is 1. The lowest BCUT2D eigenvalue weighted by atomic mass is 10.1. The first-order valence-electron chi connectivity index (χ1n) is 5.59. The number of aromatic nitrogens is 1. The van der Waals surface area contributed by atoms with Gasteiger partial charge < -0.3 is 9.84 Å². The number of carboxylic acids is 1. The quantitative estimate of drug-likeness (QED) is 0.915. The van der Waals surface area contributed by atoms with Gasteiger partial charge in [0.2, 0.25) is 0 Å². The first kappa shape index (κ1) is 13.6. The number of benzene rings is 1. The smallest absolute Gasteiger partial charge is 0.348 e. The number of hydrogen-bond donors (Lipinski definition) is 1. The first-order chi connectivity index (χ1) is 9.11. The number of nitrogens with zero attached hydrogens (tertiary/aromatic N) is 1. The topological polar surface area (TPSA) is 59.4 Å². The first-order valence-corrected chi connectivity index (χ1v) is 6.41. The van der Waals surface area contributed by atoms with Crippen LogP contribution in [0.5, 0.6) is 0 Å². The van der Waals surface area contributed by atoms with Crippen LogP contribution in [-0.4, -0.2) is 29.8 Å². The van der Waals surface area contributed by atoms with Gasteiger partial charge in [-0.2, -0.15) is 0 Å². The van der Waals surface area contributed by atoms with Crippen LogP contribution in [0.4, 0.5) is 4.39 Å². The molecule has 2 rings (SSSR count). The van der Waals surface area contributed by atoms with Gasteiger partial charge in [0.1, 0.15) is 10.7 Å². The molecule has 0 aliphatic heterocycles. The zero-order chi connectivity index (χ0) is 13.8. The van der Waals surface area contributed by atoms with E-state index >= 15 is 0 Å². The third-order valence-corrected chi connectivity index (χ3v) is 3.59. The van der Waals surface area contributed by atoms with Crippen molar-refractivity contribution in [3.63, 3.8) is 0 Å². The molecule has 0 spiro atoms. The molecule has 0 radical (unpaired) electrons. The van der Waals surface area contributed by atoms with Crippen LogP contribution >= 0.6 is 11.3 Å². The summed E-state index contributed by atoms with van der Waals surface area (Å²) < 4.78 is 18.1. The minimum Gasteiger partial charge on any atom is -0.477 e. The molecule has 1 aromatic carbocycles. The van der Waals surface area contributed by atoms with E-state index in [4.69, 9.17) is 4.74 Å². The molecule has 1 aromatic heterocycles. The van der Waals surface area contributed by atoms with E-state index in [0.717, 1.165) is 11.3 Å². The molecule has 0 saturated heterocycles. The zero-order valence-electron chi connectivity index (χ0n) is 10.2. The SMILES string of the molecule is COCCc1nc(-c2cccc(F)c2)c(C(=O)O)s1. The van der Waals surface area contributed by atoms with Crippen molar-refractivity contribution in [1.29, 1.82) is 0 Å². The molecular formula is C13H12FNO3S. The lowest BCUT2D eigenvalue weighted by Gasteiger charge is -1.98. The van der Waals surface area contributed by atoms with E-state index in [2.05, 4.69) is 4.98 Å². The van der Waals surface area contributed by atoms with Gasteiger partial charge in [-0.3, -0.25) is 0 Å². The van der Waals surface area contributed by atoms with Crippen molar-refractivity contribution in [3.8, 4) is 11.3 Å². The molecule has 0 amide bonds. The third kappa shape index (κ3) is 3.15. The summed E-state index contributed by atoms with van der Waals surface area (Å²) in [6.45, 7) is 0.467. The lowest BCUT2D eigenvalue weighted by molar-refractivity contribution is 0.0702. The summed E-state index contributed by atoms with van der Waals surface area (Å²) in [6.07, 6.45) is 0.538. The van der Waals surface area contributed by atoms with E-state index in [1.165, 1.54) is 18.2 Å². The second-order valence-electron chi connectivity index (χ2n) is 3.84. The van der Waals surface area contributed by atoms with Gasteiger partial charge in [0, 0.05) is 19.1 Å². The zero-order valence-corrected chi connectivity index (χ0v) is 11.0. The Morgan fingerprint density at radius 2 is 2.32 bits per heavy atom. The van der Waals surface area contributed by atoms with Gasteiger partial charge in [0.25, 0.3) is 0 Å². The number of aromatic carboxylic acids is 1. The van der Waals surface area contributed by atoms with Crippen molar-refractivity contribution < 1.29 is 19.0 Å². The number of methoxy groups -OCH3 is 1. The minimum absolute atomic E-state index is 0.122. The van der Waals surface area contributed by atoms with E-state index in [-0.39, 0.29) is 4.88 Å². The second-order valence-corrected chi connectivity index (χ2v) is 4.93. The normalized spacial score (nSPS) is 10.6. The van der Waals surface area contributed by atoms with Crippen molar-refractivity contribution in [2.75, 3.05) is 13.7 Å². The average Bonchev–Trinajstić information content (AvgIpc) is 2.80. The van der Waals surface area contributed by atoms with Crippen molar-refractivity contribution in [2.24, 2.45) is 0 Å². The molecule has 2 aromatic rings. The molecule has 0 unspecified atom stereocenters. The highest BCUT2D eigenvalue weighted by Gasteiger charge is 2.18. The molecule has 0 aliphatic rings. The summed E-state index contributed by atoms with van der Waals surface area (Å²) >= 11 is 1.10. The number of rotatable bonds is 5. The number of carboxylic acid groups (broad SMARTS) is 1. The van der Waals surface area contributed by atoms with Crippen LogP contribution in [0, 0.1) is 5.82 Å². The van der Waals surface area contributed by atoms with Gasteiger partial charge in [0.05, 0.1) is 17.3 Å². The molecule has 0 aliphatic carbocycles. The molecular weight excluding hydrogens is 269 g/mol. The van der Waals surface area contributed by atoms with Gasteiger partial charge in [-0.05, 0) is 12.1 Å². The van der Waals surface area contributed by atoms with Crippen LogP contribution in [0.1, 0.15) is 14.7 Å². The largest absolute Gasteiger partial charge is 0.477 e. The van der Waals surface area contributed by atoms with Crippen LogP contribution in [-0.2, 0) is 11.2 Å². The maximum atomic E-state index is 13.2. The average molecular weight is 281 g/mol. The summed E-state index contributed by atoms with van der Waals surface area (Å²) in [5, 5.41) is 9.85. The van der Waals surface area contributed by atoms with Crippen LogP contribution in [0.25, 0.3) is 11.3 Å². The molecule has 1 heterocycles. The van der Waals surface area contributed by atoms with Crippen molar-refractivity contribution in [3.05, 3.63) is 40.0 Å². The Kier molecular flexibility index (Phi) is 4.24. The third-order valence-electron chi connectivity index (χ3n) is 2.48. The van der Waals surface area contributed by atoms with E-state index in [0.29, 0.717) is 29.3 Å². The molecule has 0 atom stereocenters. The fraction of sp³-hybridized carbons (Fsp3) is 0.231. The summed E-state index contributed by atoms with van der Waals surface area (Å²) in [5.41, 5.74) is 0.778. The molecule has 4 nitrogen and oxygen atoms in total. The van der Waals surface area contributed by atoms with Crippen LogP contribution in [0.3, 0.4) is 0 Å². The van der Waals surface area contributed by atoms with Crippen LogP contribution in [0.2, 0.25) is 0 Å². The maximum absolute atomic E-state index is 13.2. The van der Waals surface area contributed by atoms with Gasteiger partial charge in [0.15, 0.2) is 0 Å². The van der Waals surface area contributed by atoms with E-state index < -0.39 is 11.8 Å². The highest BCUT2D eigenvalue weighted by molar-refractivity contribution is 7.14. The number of hydrogen-bond acceptors (Lipinski definition) is 4. The summed E-state index contributed by atoms with van der Waals surface area (Å²) in [7, 11) is 1.57. The van der Waals surface area contributed by atoms with Gasteiger partial charge in [-0.25, -0.2) is 14.2 Å². The van der Waals surface area contributed by atoms with E-state index in [1.807, 2.05) is 0 Å². The van der Waals surface area contributed by atoms with Crippen molar-refractivity contribution in [2.45, 2.75) is 6.42 Å². The van der Waals surface area contributed by atoms with Crippen LogP contribution < -0.4 is 0 Å². The molecule has 0 fully saturated rings. The minimum atomic E-state index is -1.06. The summed E-state index contributed by atoms with van der Waals surface area (Å²) in [5.74, 6) is -1.47. The number of carbonyl (C=O) groups is 1. The number of halogens is 1. The molecule has 19 heavy (non-hydrogen) atoms. The van der Waals surface area contributed by atoms with Crippen molar-refractivity contribution >= 4 is 17.3 Å². The van der Waals surface area contributed by atoms with Gasteiger partial charge in [-0.1, -0.05) is 12.1 Å². The van der Waals surface area contributed by atoms with Gasteiger partial charge in [-0.15, -0.1) is 11.3 Å². The second kappa shape index (κ2) is 5.90. The Bertz CT molecular complexity index is 597. The highest BCUT2D eigenvalue weighted by Crippen LogP contribution is 2.29. The lowest BCUT2D eigenvalue weighted by Crippen LogP contribution is -1.95. The van der Waals surface area contributed by atoms with E-state index in [1.54, 1.807) is 13.2 Å². The fourth-order valence-electron chi connectivity index (χ4n) is 1.64. The Balaban J connectivity index is 2.43. The highest BCUT2D eigenvalue weighted by atomic mass is 32.1. The maximum Gasteiger partial charge on any atom is 0.348 e. The summed E-state index contributed by atoms with van der Waals surface area (Å²) in [4.78, 5) is 15.6. The molecule has 0 bridgehead atoms. The Labute approximate surface area is 113 Å². The molecule has 0 saturated carbocycles. The predicted molar refractivity (Wildman–Crippen MR) is 70.0 cm³/mol. The Hall–Kier alpha value is -1.79. The fourth-order valence-corrected chi connectivity index (χ4v) is 2.54. The molecule has 6 heteroatoms. The molecule has 100 valence electrons. The Morgan fingerprint density at radius 3 is 2.95 bits per heavy atom. The van der Waals surface area contributed by atoms with E-state index in [9.17, 15) is 14.3 Å². The van der Waals surface area contributed by atoms with Gasteiger partial charge >= 0.3 is 5.97 Å². The monoisotopic (exact) mass is 281 g/mol. The standard InChI is InChI=1S/C13H12FNO3S/c1-18-6-5-10-15-11(12(19-10)13(16)17)8-3-2-4-9(14)7-8/h2-4,7H,5-6H2,1H3,(H,16,17). The van der Waals surface area contributed by atoms with Crippen LogP contribution in [0.15, 0.2) is 24.3 Å². The predicted octanol–water partition coefficient (Wildman–Crippen LogP) is 2.84.